The number of aromatic nitrogens is 2. The first-order valence-electron chi connectivity index (χ1n) is 5.41. The van der Waals surface area contributed by atoms with Gasteiger partial charge in [-0.2, -0.15) is 5.10 Å². The topological polar surface area (TPSA) is 46.9 Å². The van der Waals surface area contributed by atoms with E-state index < -0.39 is 0 Å². The van der Waals surface area contributed by atoms with Crippen molar-refractivity contribution in [3.05, 3.63) is 17.5 Å². The van der Waals surface area contributed by atoms with Crippen molar-refractivity contribution in [1.82, 2.24) is 15.1 Å². The van der Waals surface area contributed by atoms with E-state index in [0.29, 0.717) is 13.0 Å². The lowest BCUT2D eigenvalue weighted by atomic mass is 10.3. The molecule has 0 saturated carbocycles. The average molecular weight is 209 g/mol. The standard InChI is InChI=1S/C11H19N3O/c1-4-6-12-11(15)5-7-14-10(3)8-9(2)13-14/h8H,4-7H2,1-3H3,(H,12,15). The zero-order valence-corrected chi connectivity index (χ0v) is 9.71. The van der Waals surface area contributed by atoms with Crippen LogP contribution in [0.1, 0.15) is 31.2 Å². The number of amides is 1. The molecule has 0 fully saturated rings. The monoisotopic (exact) mass is 209 g/mol. The van der Waals surface area contributed by atoms with Crippen molar-refractivity contribution < 1.29 is 4.79 Å². The third-order valence-electron chi connectivity index (χ3n) is 2.23. The van der Waals surface area contributed by atoms with Crippen molar-refractivity contribution in [1.29, 1.82) is 0 Å². The number of rotatable bonds is 5. The number of carbonyl (C=O) groups is 1. The second-order valence-electron chi connectivity index (χ2n) is 3.75. The lowest BCUT2D eigenvalue weighted by Gasteiger charge is -2.05. The van der Waals surface area contributed by atoms with E-state index >= 15 is 0 Å². The first-order chi connectivity index (χ1) is 7.13. The smallest absolute Gasteiger partial charge is 0.221 e. The van der Waals surface area contributed by atoms with Crippen LogP contribution in [0.2, 0.25) is 0 Å². The number of nitrogens with one attached hydrogen (secondary N) is 1. The molecule has 0 aliphatic heterocycles. The van der Waals surface area contributed by atoms with Crippen molar-refractivity contribution >= 4 is 5.91 Å². The summed E-state index contributed by atoms with van der Waals surface area (Å²) in [6, 6.07) is 2.02. The van der Waals surface area contributed by atoms with Crippen LogP contribution in [0.25, 0.3) is 0 Å². The van der Waals surface area contributed by atoms with E-state index in [9.17, 15) is 4.79 Å². The number of nitrogens with zero attached hydrogens (tertiary/aromatic N) is 2. The third-order valence-corrected chi connectivity index (χ3v) is 2.23. The van der Waals surface area contributed by atoms with Gasteiger partial charge in [-0.15, -0.1) is 0 Å². The number of hydrogen-bond donors (Lipinski definition) is 1. The molecule has 0 saturated heterocycles. The molecule has 1 N–H and O–H groups in total. The normalized spacial score (nSPS) is 10.3. The fraction of sp³-hybridized carbons (Fsp3) is 0.636. The van der Waals surface area contributed by atoms with Gasteiger partial charge in [0.1, 0.15) is 0 Å². The molecular formula is C11H19N3O. The van der Waals surface area contributed by atoms with Gasteiger partial charge in [-0.05, 0) is 26.3 Å². The van der Waals surface area contributed by atoms with Gasteiger partial charge in [-0.3, -0.25) is 9.48 Å². The van der Waals surface area contributed by atoms with Crippen LogP contribution in [0.3, 0.4) is 0 Å². The molecule has 15 heavy (non-hydrogen) atoms. The van der Waals surface area contributed by atoms with Crippen molar-refractivity contribution in [2.45, 2.75) is 40.2 Å². The molecule has 4 nitrogen and oxygen atoms in total. The zero-order valence-electron chi connectivity index (χ0n) is 9.71. The summed E-state index contributed by atoms with van der Waals surface area (Å²) in [6.07, 6.45) is 1.48. The maximum absolute atomic E-state index is 11.3. The summed E-state index contributed by atoms with van der Waals surface area (Å²) in [7, 11) is 0. The fourth-order valence-electron chi connectivity index (χ4n) is 1.46. The Balaban J connectivity index is 2.36. The van der Waals surface area contributed by atoms with Gasteiger partial charge in [0.25, 0.3) is 0 Å². The molecule has 4 heteroatoms. The molecular weight excluding hydrogens is 190 g/mol. The molecule has 0 aliphatic carbocycles. The van der Waals surface area contributed by atoms with E-state index in [1.54, 1.807) is 0 Å². The SMILES string of the molecule is CCCNC(=O)CCn1nc(C)cc1C. The van der Waals surface area contributed by atoms with Crippen molar-refractivity contribution in [3.63, 3.8) is 0 Å². The van der Waals surface area contributed by atoms with Gasteiger partial charge >= 0.3 is 0 Å². The van der Waals surface area contributed by atoms with Crippen molar-refractivity contribution in [2.75, 3.05) is 6.54 Å². The van der Waals surface area contributed by atoms with Gasteiger partial charge in [0.2, 0.25) is 5.91 Å². The molecule has 0 atom stereocenters. The Labute approximate surface area is 90.7 Å². The Hall–Kier alpha value is -1.32. The number of carbonyl (C=O) groups excluding carboxylic acids is 1. The summed E-state index contributed by atoms with van der Waals surface area (Å²) in [5, 5.41) is 7.15. The van der Waals surface area contributed by atoms with E-state index in [4.69, 9.17) is 0 Å². The molecule has 1 aromatic heterocycles. The summed E-state index contributed by atoms with van der Waals surface area (Å²) in [5.41, 5.74) is 2.11. The fourth-order valence-corrected chi connectivity index (χ4v) is 1.46. The van der Waals surface area contributed by atoms with Crippen LogP contribution in [0.5, 0.6) is 0 Å². The summed E-state index contributed by atoms with van der Waals surface area (Å²) >= 11 is 0. The minimum Gasteiger partial charge on any atom is -0.356 e. The highest BCUT2D eigenvalue weighted by molar-refractivity contribution is 5.75. The highest BCUT2D eigenvalue weighted by atomic mass is 16.1. The molecule has 0 aliphatic rings. The molecule has 1 rings (SSSR count). The molecule has 1 aromatic rings. The Kier molecular flexibility index (Phi) is 4.34. The van der Waals surface area contributed by atoms with Crippen LogP contribution < -0.4 is 5.32 Å². The predicted octanol–water partition coefficient (Wildman–Crippen LogP) is 1.42. The first kappa shape index (κ1) is 11.8. The van der Waals surface area contributed by atoms with Gasteiger partial charge in [0, 0.05) is 25.2 Å². The van der Waals surface area contributed by atoms with E-state index in [1.165, 1.54) is 0 Å². The number of hydrogen-bond acceptors (Lipinski definition) is 2. The summed E-state index contributed by atoms with van der Waals surface area (Å²) in [6.45, 7) is 7.43. The van der Waals surface area contributed by atoms with Gasteiger partial charge in [-0.1, -0.05) is 6.92 Å². The van der Waals surface area contributed by atoms with Gasteiger partial charge in [-0.25, -0.2) is 0 Å². The molecule has 0 unspecified atom stereocenters. The molecule has 0 radical (unpaired) electrons. The van der Waals surface area contributed by atoms with Gasteiger partial charge in [0.15, 0.2) is 0 Å². The maximum atomic E-state index is 11.3. The minimum absolute atomic E-state index is 0.101. The predicted molar refractivity (Wildman–Crippen MR) is 59.6 cm³/mol. The first-order valence-corrected chi connectivity index (χ1v) is 5.41. The molecule has 84 valence electrons. The van der Waals surface area contributed by atoms with Crippen LogP contribution in [0.15, 0.2) is 6.07 Å². The van der Waals surface area contributed by atoms with Crippen LogP contribution in [-0.4, -0.2) is 22.2 Å². The molecule has 0 spiro atoms. The quantitative estimate of drug-likeness (QED) is 0.797. The lowest BCUT2D eigenvalue weighted by Crippen LogP contribution is -2.25. The van der Waals surface area contributed by atoms with Gasteiger partial charge < -0.3 is 5.32 Å². The van der Waals surface area contributed by atoms with E-state index in [1.807, 2.05) is 31.5 Å². The zero-order chi connectivity index (χ0) is 11.3. The largest absolute Gasteiger partial charge is 0.356 e. The van der Waals surface area contributed by atoms with E-state index in [0.717, 1.165) is 24.4 Å². The van der Waals surface area contributed by atoms with Crippen LogP contribution in [0.4, 0.5) is 0 Å². The van der Waals surface area contributed by atoms with E-state index in [2.05, 4.69) is 10.4 Å². The van der Waals surface area contributed by atoms with Gasteiger partial charge in [0.05, 0.1) is 5.69 Å². The minimum atomic E-state index is 0.101. The second kappa shape index (κ2) is 5.53. The maximum Gasteiger partial charge on any atom is 0.221 e. The highest BCUT2D eigenvalue weighted by Gasteiger charge is 2.04. The van der Waals surface area contributed by atoms with Crippen molar-refractivity contribution in [3.8, 4) is 0 Å². The Morgan fingerprint density at radius 1 is 1.53 bits per heavy atom. The second-order valence-corrected chi connectivity index (χ2v) is 3.75. The average Bonchev–Trinajstić information content (AvgIpc) is 2.51. The van der Waals surface area contributed by atoms with Crippen LogP contribution in [0, 0.1) is 13.8 Å². The summed E-state index contributed by atoms with van der Waals surface area (Å²) in [5.74, 6) is 0.101. The highest BCUT2D eigenvalue weighted by Crippen LogP contribution is 2.02. The molecule has 0 bridgehead atoms. The lowest BCUT2D eigenvalue weighted by molar-refractivity contribution is -0.121. The summed E-state index contributed by atoms with van der Waals surface area (Å²) < 4.78 is 1.88. The molecule has 1 heterocycles. The molecule has 0 aromatic carbocycles. The van der Waals surface area contributed by atoms with Crippen LogP contribution in [-0.2, 0) is 11.3 Å². The summed E-state index contributed by atoms with van der Waals surface area (Å²) in [4.78, 5) is 11.3. The Bertz CT molecular complexity index is 331. The van der Waals surface area contributed by atoms with E-state index in [-0.39, 0.29) is 5.91 Å². The Morgan fingerprint density at radius 2 is 2.27 bits per heavy atom. The third kappa shape index (κ3) is 3.73. The van der Waals surface area contributed by atoms with Crippen molar-refractivity contribution in [2.24, 2.45) is 0 Å². The Morgan fingerprint density at radius 3 is 2.80 bits per heavy atom. The molecule has 1 amide bonds. The number of aryl methyl sites for hydroxylation is 3. The van der Waals surface area contributed by atoms with Crippen LogP contribution >= 0.6 is 0 Å².